The van der Waals surface area contributed by atoms with E-state index in [1.807, 2.05) is 0 Å². The van der Waals surface area contributed by atoms with Gasteiger partial charge in [-0.25, -0.2) is 4.98 Å². The van der Waals surface area contributed by atoms with Crippen LogP contribution in [-0.4, -0.2) is 28.0 Å². The molecule has 0 saturated carbocycles. The van der Waals surface area contributed by atoms with Crippen molar-refractivity contribution in [2.45, 2.75) is 45.7 Å². The van der Waals surface area contributed by atoms with Gasteiger partial charge in [-0.2, -0.15) is 0 Å². The largest absolute Gasteiger partial charge is 0.341 e. The van der Waals surface area contributed by atoms with Gasteiger partial charge in [-0.05, 0) is 49.5 Å². The summed E-state index contributed by atoms with van der Waals surface area (Å²) < 4.78 is 0. The molecule has 21 heavy (non-hydrogen) atoms. The molecular weight excluding hydrogens is 260 g/mol. The van der Waals surface area contributed by atoms with E-state index in [-0.39, 0.29) is 6.04 Å². The van der Waals surface area contributed by atoms with Crippen molar-refractivity contribution in [2.75, 3.05) is 13.1 Å². The summed E-state index contributed by atoms with van der Waals surface area (Å²) >= 11 is 0. The first-order valence-corrected chi connectivity index (χ1v) is 8.10. The second-order valence-electron chi connectivity index (χ2n) is 6.58. The summed E-state index contributed by atoms with van der Waals surface area (Å²) in [5.41, 5.74) is 9.67. The van der Waals surface area contributed by atoms with Crippen molar-refractivity contribution in [3.63, 3.8) is 0 Å². The lowest BCUT2D eigenvalue weighted by Crippen LogP contribution is -2.29. The molecule has 4 heteroatoms. The second kappa shape index (κ2) is 6.16. The topological polar surface area (TPSA) is 57.9 Å². The maximum Gasteiger partial charge on any atom is 0.124 e. The van der Waals surface area contributed by atoms with Crippen molar-refractivity contribution in [1.82, 2.24) is 14.9 Å². The summed E-state index contributed by atoms with van der Waals surface area (Å²) in [6.45, 7) is 7.74. The lowest BCUT2D eigenvalue weighted by atomic mass is 10.1. The van der Waals surface area contributed by atoms with Gasteiger partial charge in [0.05, 0.1) is 17.1 Å². The number of piperidine rings is 1. The summed E-state index contributed by atoms with van der Waals surface area (Å²) in [7, 11) is 0. The minimum Gasteiger partial charge on any atom is -0.341 e. The molecule has 114 valence electrons. The number of rotatable bonds is 4. The van der Waals surface area contributed by atoms with Crippen LogP contribution in [0, 0.1) is 5.92 Å². The molecule has 0 bridgehead atoms. The molecule has 0 radical (unpaired) electrons. The average Bonchev–Trinajstić information content (AvgIpc) is 2.90. The molecule has 3 N–H and O–H groups in total. The molecule has 1 aliphatic heterocycles. The predicted molar refractivity (Wildman–Crippen MR) is 87.0 cm³/mol. The van der Waals surface area contributed by atoms with E-state index in [2.05, 4.69) is 46.9 Å². The molecule has 1 saturated heterocycles. The van der Waals surface area contributed by atoms with Gasteiger partial charge in [-0.1, -0.05) is 26.3 Å². The Kier molecular flexibility index (Phi) is 4.27. The van der Waals surface area contributed by atoms with Gasteiger partial charge >= 0.3 is 0 Å². The van der Waals surface area contributed by atoms with Crippen molar-refractivity contribution in [1.29, 1.82) is 0 Å². The monoisotopic (exact) mass is 286 g/mol. The number of hydrogen-bond donors (Lipinski definition) is 2. The maximum atomic E-state index is 6.19. The quantitative estimate of drug-likeness (QED) is 0.907. The van der Waals surface area contributed by atoms with Gasteiger partial charge in [0.1, 0.15) is 5.82 Å². The molecule has 1 unspecified atom stereocenters. The fourth-order valence-electron chi connectivity index (χ4n) is 3.02. The number of nitrogens with one attached hydrogen (secondary N) is 1. The highest BCUT2D eigenvalue weighted by molar-refractivity contribution is 5.76. The van der Waals surface area contributed by atoms with Gasteiger partial charge in [-0.15, -0.1) is 0 Å². The normalized spacial score (nSPS) is 18.5. The van der Waals surface area contributed by atoms with Crippen molar-refractivity contribution in [3.8, 4) is 0 Å². The Morgan fingerprint density at radius 1 is 1.24 bits per heavy atom. The molecule has 2 heterocycles. The third kappa shape index (κ3) is 3.27. The van der Waals surface area contributed by atoms with Crippen LogP contribution in [0.2, 0.25) is 0 Å². The molecule has 0 spiro atoms. The van der Waals surface area contributed by atoms with Crippen molar-refractivity contribution in [2.24, 2.45) is 11.7 Å². The van der Waals surface area contributed by atoms with E-state index in [1.54, 1.807) is 0 Å². The van der Waals surface area contributed by atoms with Crippen LogP contribution in [0.15, 0.2) is 18.2 Å². The van der Waals surface area contributed by atoms with E-state index in [0.29, 0.717) is 5.92 Å². The molecule has 2 aromatic rings. The lowest BCUT2D eigenvalue weighted by Gasteiger charge is -2.26. The number of H-pyrrole nitrogens is 1. The first-order chi connectivity index (χ1) is 10.1. The standard InChI is InChI=1S/C17H26N4/c1-12(2)16(18)17-19-14-7-6-13(10-15(14)20-17)11-21-8-4-3-5-9-21/h6-7,10,12,16H,3-5,8-9,11,18H2,1-2H3,(H,19,20). The molecular formula is C17H26N4. The zero-order valence-electron chi connectivity index (χ0n) is 13.1. The molecule has 4 nitrogen and oxygen atoms in total. The van der Waals surface area contributed by atoms with Crippen LogP contribution >= 0.6 is 0 Å². The fraction of sp³-hybridized carbons (Fsp3) is 0.588. The second-order valence-corrected chi connectivity index (χ2v) is 6.58. The number of likely N-dealkylation sites (tertiary alicyclic amines) is 1. The SMILES string of the molecule is CC(C)C(N)c1nc2ccc(CN3CCCCC3)cc2[nH]1. The number of imidazole rings is 1. The Bertz CT molecular complexity index is 596. The van der Waals surface area contributed by atoms with Crippen LogP contribution < -0.4 is 5.73 Å². The molecule has 1 atom stereocenters. The first kappa shape index (κ1) is 14.5. The van der Waals surface area contributed by atoms with Crippen LogP contribution in [0.4, 0.5) is 0 Å². The summed E-state index contributed by atoms with van der Waals surface area (Å²) in [4.78, 5) is 10.6. The zero-order valence-corrected chi connectivity index (χ0v) is 13.1. The third-order valence-corrected chi connectivity index (χ3v) is 4.45. The van der Waals surface area contributed by atoms with Gasteiger partial charge in [0.15, 0.2) is 0 Å². The van der Waals surface area contributed by atoms with E-state index in [0.717, 1.165) is 23.4 Å². The summed E-state index contributed by atoms with van der Waals surface area (Å²) in [5.74, 6) is 1.29. The van der Waals surface area contributed by atoms with Gasteiger partial charge in [0.25, 0.3) is 0 Å². The fourth-order valence-corrected chi connectivity index (χ4v) is 3.02. The molecule has 1 aliphatic rings. The molecule has 3 rings (SSSR count). The summed E-state index contributed by atoms with van der Waals surface area (Å²) in [5, 5.41) is 0. The Morgan fingerprint density at radius 3 is 2.71 bits per heavy atom. The molecule has 0 amide bonds. The highest BCUT2D eigenvalue weighted by atomic mass is 15.1. The van der Waals surface area contributed by atoms with E-state index in [1.165, 1.54) is 37.9 Å². The maximum absolute atomic E-state index is 6.19. The number of aromatic amines is 1. The number of aromatic nitrogens is 2. The summed E-state index contributed by atoms with van der Waals surface area (Å²) in [6, 6.07) is 6.51. The van der Waals surface area contributed by atoms with E-state index >= 15 is 0 Å². The molecule has 1 aromatic heterocycles. The van der Waals surface area contributed by atoms with Gasteiger partial charge in [0, 0.05) is 6.54 Å². The third-order valence-electron chi connectivity index (χ3n) is 4.45. The minimum absolute atomic E-state index is 0.0251. The van der Waals surface area contributed by atoms with Gasteiger partial charge < -0.3 is 10.7 Å². The Labute approximate surface area is 126 Å². The highest BCUT2D eigenvalue weighted by Gasteiger charge is 2.15. The van der Waals surface area contributed by atoms with Crippen LogP contribution in [0.3, 0.4) is 0 Å². The molecule has 0 aliphatic carbocycles. The van der Waals surface area contributed by atoms with Crippen LogP contribution in [0.1, 0.15) is 50.5 Å². The van der Waals surface area contributed by atoms with Gasteiger partial charge in [0.2, 0.25) is 0 Å². The Balaban J connectivity index is 1.79. The number of fused-ring (bicyclic) bond motifs is 1. The van der Waals surface area contributed by atoms with E-state index in [4.69, 9.17) is 5.73 Å². The van der Waals surface area contributed by atoms with E-state index < -0.39 is 0 Å². The Morgan fingerprint density at radius 2 is 2.00 bits per heavy atom. The Hall–Kier alpha value is -1.39. The van der Waals surface area contributed by atoms with Gasteiger partial charge in [-0.3, -0.25) is 4.90 Å². The van der Waals surface area contributed by atoms with E-state index in [9.17, 15) is 0 Å². The van der Waals surface area contributed by atoms with Crippen LogP contribution in [0.5, 0.6) is 0 Å². The molecule has 1 aromatic carbocycles. The predicted octanol–water partition coefficient (Wildman–Crippen LogP) is 3.20. The molecule has 1 fully saturated rings. The van der Waals surface area contributed by atoms with Crippen molar-refractivity contribution in [3.05, 3.63) is 29.6 Å². The highest BCUT2D eigenvalue weighted by Crippen LogP contribution is 2.22. The minimum atomic E-state index is -0.0251. The van der Waals surface area contributed by atoms with Crippen LogP contribution in [0.25, 0.3) is 11.0 Å². The average molecular weight is 286 g/mol. The first-order valence-electron chi connectivity index (χ1n) is 8.10. The lowest BCUT2D eigenvalue weighted by molar-refractivity contribution is 0.221. The summed E-state index contributed by atoms with van der Waals surface area (Å²) in [6.07, 6.45) is 4.05. The number of nitrogens with zero attached hydrogens (tertiary/aromatic N) is 2. The number of benzene rings is 1. The smallest absolute Gasteiger partial charge is 0.124 e. The van der Waals surface area contributed by atoms with Crippen molar-refractivity contribution >= 4 is 11.0 Å². The number of hydrogen-bond acceptors (Lipinski definition) is 3. The number of nitrogens with two attached hydrogens (primary N) is 1. The van der Waals surface area contributed by atoms with Crippen LogP contribution in [-0.2, 0) is 6.54 Å². The van der Waals surface area contributed by atoms with Crippen molar-refractivity contribution < 1.29 is 0 Å². The zero-order chi connectivity index (χ0) is 14.8.